The molecule has 5 rings (SSSR count). The van der Waals surface area contributed by atoms with E-state index in [1.54, 1.807) is 18.3 Å². The molecule has 11 heteroatoms. The van der Waals surface area contributed by atoms with E-state index in [1.807, 2.05) is 59.3 Å². The van der Waals surface area contributed by atoms with Gasteiger partial charge in [0.05, 0.1) is 22.6 Å². The van der Waals surface area contributed by atoms with Crippen LogP contribution in [0.1, 0.15) is 10.4 Å². The number of carbonyl (C=O) groups is 1. The van der Waals surface area contributed by atoms with Crippen molar-refractivity contribution in [3.8, 4) is 22.5 Å². The van der Waals surface area contributed by atoms with Gasteiger partial charge in [-0.1, -0.05) is 24.3 Å². The van der Waals surface area contributed by atoms with Crippen molar-refractivity contribution in [2.75, 3.05) is 10.7 Å². The summed E-state index contributed by atoms with van der Waals surface area (Å²) >= 11 is 0. The second-order valence-electron chi connectivity index (χ2n) is 6.89. The van der Waals surface area contributed by atoms with Crippen LogP contribution in [0.15, 0.2) is 79.4 Å². The summed E-state index contributed by atoms with van der Waals surface area (Å²) in [5.41, 5.74) is 8.16. The fourth-order valence-electron chi connectivity index (χ4n) is 3.26. The molecule has 5 aromatic rings. The molecule has 0 radical (unpaired) electrons. The van der Waals surface area contributed by atoms with Crippen molar-refractivity contribution in [3.05, 3.63) is 84.9 Å². The zero-order valence-electron chi connectivity index (χ0n) is 17.1. The van der Waals surface area contributed by atoms with Gasteiger partial charge >= 0.3 is 0 Å². The highest BCUT2D eigenvalue weighted by Gasteiger charge is 2.09. The molecule has 0 spiro atoms. The predicted molar refractivity (Wildman–Crippen MR) is 133 cm³/mol. The molecule has 0 atom stereocenters. The number of rotatable bonds is 5. The zero-order chi connectivity index (χ0) is 21.2. The average Bonchev–Trinajstić information content (AvgIpc) is 3.49. The fraction of sp³-hybridized carbons (Fsp3) is 0. The van der Waals surface area contributed by atoms with E-state index in [4.69, 9.17) is 5.84 Å². The molecule has 9 nitrogen and oxygen atoms in total. The van der Waals surface area contributed by atoms with Crippen LogP contribution in [0, 0.1) is 0 Å². The lowest BCUT2D eigenvalue weighted by Gasteiger charge is -2.06. The number of amides is 1. The van der Waals surface area contributed by atoms with Gasteiger partial charge in [0.15, 0.2) is 0 Å². The molecule has 0 aliphatic heterocycles. The minimum absolute atomic E-state index is 0. The Hall–Kier alpha value is -3.92. The van der Waals surface area contributed by atoms with E-state index in [0.29, 0.717) is 17.1 Å². The van der Waals surface area contributed by atoms with Crippen LogP contribution >= 0.6 is 24.8 Å². The van der Waals surface area contributed by atoms with Gasteiger partial charge in [0.1, 0.15) is 11.5 Å². The Morgan fingerprint density at radius 2 is 1.73 bits per heavy atom. The number of nitrogen functional groups attached to an aromatic ring is 1. The van der Waals surface area contributed by atoms with Gasteiger partial charge < -0.3 is 15.1 Å². The minimum Gasteiger partial charge on any atom is -0.321 e. The van der Waals surface area contributed by atoms with Gasteiger partial charge in [-0.05, 0) is 35.9 Å². The molecular weight excluding hydrogens is 463 g/mol. The Morgan fingerprint density at radius 3 is 2.39 bits per heavy atom. The average molecular weight is 483 g/mol. The Balaban J connectivity index is 0.00000153. The molecule has 4 aromatic heterocycles. The molecule has 0 saturated heterocycles. The number of nitrogens with zero attached hydrogens (tertiary/aromatic N) is 4. The van der Waals surface area contributed by atoms with E-state index in [9.17, 15) is 4.79 Å². The van der Waals surface area contributed by atoms with Crippen molar-refractivity contribution >= 4 is 47.9 Å². The number of pyridine rings is 2. The number of fused-ring (bicyclic) bond motifs is 1. The van der Waals surface area contributed by atoms with Crippen LogP contribution in [0.2, 0.25) is 0 Å². The number of hydrogen-bond donors (Lipinski definition) is 4. The number of benzene rings is 1. The lowest BCUT2D eigenvalue weighted by atomic mass is 10.1. The molecule has 0 fully saturated rings. The molecule has 168 valence electrons. The second kappa shape index (κ2) is 10.1. The first-order valence-electron chi connectivity index (χ1n) is 9.52. The van der Waals surface area contributed by atoms with E-state index in [0.717, 1.165) is 28.2 Å². The topological polar surface area (TPSA) is 126 Å². The number of carbonyl (C=O) groups excluding carboxylic acids is 1. The lowest BCUT2D eigenvalue weighted by molar-refractivity contribution is 0.102. The predicted octanol–water partition coefficient (Wildman–Crippen LogP) is 4.17. The normalized spacial score (nSPS) is 10.2. The monoisotopic (exact) mass is 482 g/mol. The number of hydrogen-bond acceptors (Lipinski definition) is 6. The number of aromatic nitrogens is 5. The van der Waals surface area contributed by atoms with Crippen molar-refractivity contribution in [2.24, 2.45) is 5.84 Å². The zero-order valence-corrected chi connectivity index (χ0v) is 18.7. The lowest BCUT2D eigenvalue weighted by Crippen LogP contribution is -2.14. The summed E-state index contributed by atoms with van der Waals surface area (Å²) in [6, 6.07) is 17.0. The summed E-state index contributed by atoms with van der Waals surface area (Å²) in [4.78, 5) is 21.2. The number of hydrazine groups is 1. The maximum absolute atomic E-state index is 12.5. The molecule has 1 aromatic carbocycles. The Morgan fingerprint density at radius 1 is 0.939 bits per heavy atom. The smallest absolute Gasteiger partial charge is 0.257 e. The van der Waals surface area contributed by atoms with Gasteiger partial charge in [0, 0.05) is 30.4 Å². The van der Waals surface area contributed by atoms with Crippen LogP contribution in [0.3, 0.4) is 0 Å². The molecule has 0 unspecified atom stereocenters. The van der Waals surface area contributed by atoms with Crippen LogP contribution in [-0.2, 0) is 0 Å². The number of nitrogens with two attached hydrogens (primary N) is 1. The molecule has 5 N–H and O–H groups in total. The van der Waals surface area contributed by atoms with Gasteiger partial charge in [0.25, 0.3) is 5.91 Å². The number of aromatic amines is 1. The van der Waals surface area contributed by atoms with Gasteiger partial charge in [0.2, 0.25) is 0 Å². The Bertz CT molecular complexity index is 1350. The van der Waals surface area contributed by atoms with E-state index in [1.165, 1.54) is 6.20 Å². The quantitative estimate of drug-likeness (QED) is 0.220. The molecule has 0 bridgehead atoms. The van der Waals surface area contributed by atoms with Crippen molar-refractivity contribution in [3.63, 3.8) is 0 Å². The van der Waals surface area contributed by atoms with Gasteiger partial charge in [-0.3, -0.25) is 9.89 Å². The van der Waals surface area contributed by atoms with Crippen molar-refractivity contribution < 1.29 is 4.79 Å². The number of halogens is 2. The van der Waals surface area contributed by atoms with E-state index in [-0.39, 0.29) is 30.7 Å². The Kier molecular flexibility index (Phi) is 7.29. The first-order valence-corrected chi connectivity index (χ1v) is 9.52. The number of anilines is 2. The van der Waals surface area contributed by atoms with Gasteiger partial charge in [-0.2, -0.15) is 5.10 Å². The molecule has 4 heterocycles. The molecule has 0 aliphatic carbocycles. The molecule has 0 aliphatic rings. The maximum atomic E-state index is 12.5. The highest BCUT2D eigenvalue weighted by molar-refractivity contribution is 6.04. The van der Waals surface area contributed by atoms with Crippen LogP contribution in [-0.4, -0.2) is 30.5 Å². The molecule has 1 amide bonds. The third-order valence-corrected chi connectivity index (χ3v) is 4.87. The Labute approximate surface area is 201 Å². The maximum Gasteiger partial charge on any atom is 0.257 e. The first-order chi connectivity index (χ1) is 15.2. The third kappa shape index (κ3) is 4.96. The highest BCUT2D eigenvalue weighted by Crippen LogP contribution is 2.24. The van der Waals surface area contributed by atoms with Crippen LogP contribution < -0.4 is 16.6 Å². The van der Waals surface area contributed by atoms with Crippen molar-refractivity contribution in [1.29, 1.82) is 0 Å². The largest absolute Gasteiger partial charge is 0.321 e. The first kappa shape index (κ1) is 23.7. The van der Waals surface area contributed by atoms with Gasteiger partial charge in [-0.15, -0.1) is 24.8 Å². The molecule has 0 saturated carbocycles. The fourth-order valence-corrected chi connectivity index (χ4v) is 3.26. The minimum atomic E-state index is -0.259. The molecule has 33 heavy (non-hydrogen) atoms. The summed E-state index contributed by atoms with van der Waals surface area (Å²) in [7, 11) is 0. The summed E-state index contributed by atoms with van der Waals surface area (Å²) in [6.45, 7) is 0. The summed E-state index contributed by atoms with van der Waals surface area (Å²) in [6.07, 6.45) is 6.95. The standard InChI is InChI=1S/C22H18N8O.2ClH/c23-28-20-7-5-16(11-24-20)22(31)26-17-6-8-21-27-19(13-30(21)12-17)15-3-1-14(2-4-15)18-9-10-25-29-18;;/h1-13H,23H2,(H,24,28)(H,25,29)(H,26,31);2*1H. The summed E-state index contributed by atoms with van der Waals surface area (Å²) < 4.78 is 1.88. The SMILES string of the molecule is Cl.Cl.NNc1ccc(C(=O)Nc2ccc3nc(-c4ccc(-c5ccn[nH]5)cc4)cn3c2)cn1. The third-order valence-electron chi connectivity index (χ3n) is 4.87. The van der Waals surface area contributed by atoms with E-state index >= 15 is 0 Å². The van der Waals surface area contributed by atoms with Crippen molar-refractivity contribution in [1.82, 2.24) is 24.6 Å². The summed E-state index contributed by atoms with van der Waals surface area (Å²) in [5, 5.41) is 9.81. The second-order valence-corrected chi connectivity index (χ2v) is 6.89. The van der Waals surface area contributed by atoms with Crippen LogP contribution in [0.4, 0.5) is 11.5 Å². The van der Waals surface area contributed by atoms with E-state index in [2.05, 4.69) is 30.9 Å². The van der Waals surface area contributed by atoms with E-state index < -0.39 is 0 Å². The van der Waals surface area contributed by atoms with Crippen LogP contribution in [0.25, 0.3) is 28.2 Å². The number of nitrogens with one attached hydrogen (secondary N) is 3. The summed E-state index contributed by atoms with van der Waals surface area (Å²) in [5.74, 6) is 5.53. The van der Waals surface area contributed by atoms with Crippen molar-refractivity contribution in [2.45, 2.75) is 0 Å². The number of imidazole rings is 1. The number of H-pyrrole nitrogens is 1. The highest BCUT2D eigenvalue weighted by atomic mass is 35.5. The van der Waals surface area contributed by atoms with Gasteiger partial charge in [-0.25, -0.2) is 15.8 Å². The molecular formula is C22H20Cl2N8O. The van der Waals surface area contributed by atoms with Crippen LogP contribution in [0.5, 0.6) is 0 Å².